The van der Waals surface area contributed by atoms with Crippen LogP contribution in [-0.2, 0) is 4.79 Å². The van der Waals surface area contributed by atoms with Crippen molar-refractivity contribution in [1.82, 2.24) is 20.9 Å². The van der Waals surface area contributed by atoms with Gasteiger partial charge in [-0.15, -0.1) is 0 Å². The largest absolute Gasteiger partial charge is 0.496 e. The smallest absolute Gasteiger partial charge is 0.321 e. The van der Waals surface area contributed by atoms with Crippen molar-refractivity contribution in [1.29, 1.82) is 0 Å². The molecule has 23 heavy (non-hydrogen) atoms. The van der Waals surface area contributed by atoms with Crippen molar-refractivity contribution in [2.24, 2.45) is 0 Å². The van der Waals surface area contributed by atoms with E-state index in [9.17, 15) is 9.59 Å². The van der Waals surface area contributed by atoms with Crippen molar-refractivity contribution in [3.05, 3.63) is 29.8 Å². The summed E-state index contributed by atoms with van der Waals surface area (Å²) in [6, 6.07) is 7.37. The number of piperazine rings is 1. The summed E-state index contributed by atoms with van der Waals surface area (Å²) < 4.78 is 5.43. The fourth-order valence-electron chi connectivity index (χ4n) is 2.74. The molecule has 0 saturated carbocycles. The van der Waals surface area contributed by atoms with Gasteiger partial charge >= 0.3 is 6.03 Å². The minimum absolute atomic E-state index is 0.0277. The molecule has 1 fully saturated rings. The molecular weight excluding hydrogens is 296 g/mol. The van der Waals surface area contributed by atoms with Gasteiger partial charge in [0.15, 0.2) is 0 Å². The highest BCUT2D eigenvalue weighted by Crippen LogP contribution is 2.29. The van der Waals surface area contributed by atoms with E-state index in [1.54, 1.807) is 14.0 Å². The molecule has 0 spiro atoms. The number of amides is 3. The van der Waals surface area contributed by atoms with E-state index in [1.165, 1.54) is 0 Å². The fourth-order valence-corrected chi connectivity index (χ4v) is 2.74. The zero-order valence-corrected chi connectivity index (χ0v) is 13.6. The molecule has 0 aromatic heterocycles. The lowest BCUT2D eigenvalue weighted by molar-refractivity contribution is -0.122. The van der Waals surface area contributed by atoms with Gasteiger partial charge in [0.1, 0.15) is 5.75 Å². The molecular formula is C16H24N4O3. The first kappa shape index (κ1) is 17.2. The van der Waals surface area contributed by atoms with Crippen LogP contribution < -0.4 is 20.7 Å². The van der Waals surface area contributed by atoms with Crippen LogP contribution >= 0.6 is 0 Å². The van der Waals surface area contributed by atoms with E-state index < -0.39 is 6.03 Å². The van der Waals surface area contributed by atoms with E-state index in [4.69, 9.17) is 4.74 Å². The fraction of sp³-hybridized carbons (Fsp3) is 0.500. The number of hydrogen-bond donors (Lipinski definition) is 3. The number of carbonyl (C=O) groups is 2. The topological polar surface area (TPSA) is 82.7 Å². The van der Waals surface area contributed by atoms with Crippen molar-refractivity contribution in [3.8, 4) is 5.75 Å². The zero-order chi connectivity index (χ0) is 16.7. The molecule has 1 atom stereocenters. The van der Waals surface area contributed by atoms with Crippen LogP contribution in [0.3, 0.4) is 0 Å². The number of urea groups is 1. The Balaban J connectivity index is 2.06. The summed E-state index contributed by atoms with van der Waals surface area (Å²) in [5, 5.41) is 8.24. The summed E-state index contributed by atoms with van der Waals surface area (Å²) in [7, 11) is 1.64. The van der Waals surface area contributed by atoms with Crippen LogP contribution in [0.2, 0.25) is 0 Å². The number of ether oxygens (including phenoxy) is 1. The van der Waals surface area contributed by atoms with Gasteiger partial charge in [-0.1, -0.05) is 18.2 Å². The van der Waals surface area contributed by atoms with Crippen LogP contribution in [0.4, 0.5) is 4.79 Å². The van der Waals surface area contributed by atoms with Crippen molar-refractivity contribution < 1.29 is 14.3 Å². The van der Waals surface area contributed by atoms with Gasteiger partial charge in [-0.25, -0.2) is 4.79 Å². The van der Waals surface area contributed by atoms with Gasteiger partial charge in [0, 0.05) is 31.7 Å². The molecule has 126 valence electrons. The lowest BCUT2D eigenvalue weighted by Gasteiger charge is -2.36. The Morgan fingerprint density at radius 3 is 2.91 bits per heavy atom. The zero-order valence-electron chi connectivity index (χ0n) is 13.6. The summed E-state index contributed by atoms with van der Waals surface area (Å²) >= 11 is 0. The van der Waals surface area contributed by atoms with Crippen LogP contribution in [0.5, 0.6) is 5.75 Å². The Bertz CT molecular complexity index is 550. The van der Waals surface area contributed by atoms with Crippen LogP contribution in [-0.4, -0.2) is 56.7 Å². The first-order valence-corrected chi connectivity index (χ1v) is 7.81. The summed E-state index contributed by atoms with van der Waals surface area (Å²) in [4.78, 5) is 25.6. The van der Waals surface area contributed by atoms with Crippen molar-refractivity contribution in [3.63, 3.8) is 0 Å². The molecule has 1 aromatic carbocycles. The van der Waals surface area contributed by atoms with Crippen LogP contribution in [0, 0.1) is 0 Å². The number of para-hydroxylation sites is 1. The van der Waals surface area contributed by atoms with Gasteiger partial charge in [-0.2, -0.15) is 0 Å². The maximum Gasteiger partial charge on any atom is 0.321 e. The Kier molecular flexibility index (Phi) is 6.37. The highest BCUT2D eigenvalue weighted by atomic mass is 16.5. The van der Waals surface area contributed by atoms with Gasteiger partial charge < -0.3 is 15.4 Å². The van der Waals surface area contributed by atoms with E-state index in [0.717, 1.165) is 30.9 Å². The molecule has 7 nitrogen and oxygen atoms in total. The molecule has 3 amide bonds. The standard InChI is InChI=1S/C16H24N4O3/c1-3-18-16(22)19-15(21)11-20-9-8-17-10-13(20)12-6-4-5-7-14(12)23-2/h4-7,13,17H,3,8-11H2,1-2H3,(H2,18,19,21,22). The molecule has 1 aliphatic heterocycles. The van der Waals surface area contributed by atoms with Gasteiger partial charge in [0.05, 0.1) is 19.7 Å². The highest BCUT2D eigenvalue weighted by molar-refractivity contribution is 5.95. The molecule has 1 unspecified atom stereocenters. The van der Waals surface area contributed by atoms with Crippen LogP contribution in [0.25, 0.3) is 0 Å². The summed E-state index contributed by atoms with van der Waals surface area (Å²) in [6.45, 7) is 4.72. The Morgan fingerprint density at radius 1 is 1.39 bits per heavy atom. The second kappa shape index (κ2) is 8.50. The average Bonchev–Trinajstić information content (AvgIpc) is 2.55. The number of methoxy groups -OCH3 is 1. The third kappa shape index (κ3) is 4.67. The number of benzene rings is 1. The quantitative estimate of drug-likeness (QED) is 0.735. The molecule has 7 heteroatoms. The minimum Gasteiger partial charge on any atom is -0.496 e. The number of nitrogens with one attached hydrogen (secondary N) is 3. The number of nitrogens with zero attached hydrogens (tertiary/aromatic N) is 1. The van der Waals surface area contributed by atoms with E-state index in [-0.39, 0.29) is 18.5 Å². The number of imide groups is 1. The SMILES string of the molecule is CCNC(=O)NC(=O)CN1CCNCC1c1ccccc1OC. The minimum atomic E-state index is -0.457. The highest BCUT2D eigenvalue weighted by Gasteiger charge is 2.27. The molecule has 0 bridgehead atoms. The molecule has 3 N–H and O–H groups in total. The summed E-state index contributed by atoms with van der Waals surface area (Å²) in [6.07, 6.45) is 0. The molecule has 0 radical (unpaired) electrons. The van der Waals surface area contributed by atoms with E-state index in [2.05, 4.69) is 20.9 Å². The van der Waals surface area contributed by atoms with Gasteiger partial charge in [-0.05, 0) is 13.0 Å². The maximum atomic E-state index is 12.1. The molecule has 1 heterocycles. The molecule has 0 aliphatic carbocycles. The Hall–Kier alpha value is -2.12. The molecule has 1 aromatic rings. The Labute approximate surface area is 136 Å². The monoisotopic (exact) mass is 320 g/mol. The predicted octanol–water partition coefficient (Wildman–Crippen LogP) is 0.487. The van der Waals surface area contributed by atoms with Crippen LogP contribution in [0.15, 0.2) is 24.3 Å². The Morgan fingerprint density at radius 2 is 2.17 bits per heavy atom. The predicted molar refractivity (Wildman–Crippen MR) is 87.4 cm³/mol. The molecule has 1 aliphatic rings. The number of rotatable bonds is 5. The second-order valence-corrected chi connectivity index (χ2v) is 5.34. The van der Waals surface area contributed by atoms with Gasteiger partial charge in [-0.3, -0.25) is 15.0 Å². The van der Waals surface area contributed by atoms with Gasteiger partial charge in [0.25, 0.3) is 0 Å². The van der Waals surface area contributed by atoms with E-state index >= 15 is 0 Å². The number of carbonyl (C=O) groups excluding carboxylic acids is 2. The molecule has 2 rings (SSSR count). The average molecular weight is 320 g/mol. The number of hydrogen-bond acceptors (Lipinski definition) is 5. The molecule has 1 saturated heterocycles. The third-order valence-corrected chi connectivity index (χ3v) is 3.79. The second-order valence-electron chi connectivity index (χ2n) is 5.34. The van der Waals surface area contributed by atoms with Crippen molar-refractivity contribution in [2.45, 2.75) is 13.0 Å². The summed E-state index contributed by atoms with van der Waals surface area (Å²) in [5.41, 5.74) is 1.04. The lowest BCUT2D eigenvalue weighted by atomic mass is 10.0. The third-order valence-electron chi connectivity index (χ3n) is 3.79. The van der Waals surface area contributed by atoms with Crippen molar-refractivity contribution in [2.75, 3.05) is 39.8 Å². The maximum absolute atomic E-state index is 12.1. The summed E-state index contributed by atoms with van der Waals surface area (Å²) in [5.74, 6) is 0.494. The van der Waals surface area contributed by atoms with Crippen LogP contribution in [0.1, 0.15) is 18.5 Å². The first-order valence-electron chi connectivity index (χ1n) is 7.81. The van der Waals surface area contributed by atoms with Crippen molar-refractivity contribution >= 4 is 11.9 Å². The first-order chi connectivity index (χ1) is 11.2. The van der Waals surface area contributed by atoms with E-state index in [0.29, 0.717) is 6.54 Å². The van der Waals surface area contributed by atoms with E-state index in [1.807, 2.05) is 24.3 Å². The van der Waals surface area contributed by atoms with Gasteiger partial charge in [0.2, 0.25) is 5.91 Å². The normalized spacial score (nSPS) is 18.3. The lowest BCUT2D eigenvalue weighted by Crippen LogP contribution is -2.51.